The van der Waals surface area contributed by atoms with Crippen molar-refractivity contribution >= 4 is 29.2 Å². The van der Waals surface area contributed by atoms with E-state index in [2.05, 4.69) is 15.6 Å². The molecule has 2 aromatic rings. The number of hydrogen-bond acceptors (Lipinski definition) is 6. The molecule has 9 nitrogen and oxygen atoms in total. The summed E-state index contributed by atoms with van der Waals surface area (Å²) < 4.78 is 5.15. The highest BCUT2D eigenvalue weighted by atomic mass is 16.5. The number of likely N-dealkylation sites (tertiary alicyclic amines) is 1. The molecule has 9 heteroatoms. The number of nitrogens with one attached hydrogen (secondary N) is 2. The molecule has 0 unspecified atom stereocenters. The number of aromatic nitrogens is 1. The molecule has 2 heterocycles. The van der Waals surface area contributed by atoms with E-state index in [4.69, 9.17) is 4.74 Å². The van der Waals surface area contributed by atoms with Crippen molar-refractivity contribution in [1.82, 2.24) is 14.8 Å². The van der Waals surface area contributed by atoms with Gasteiger partial charge in [-0.15, -0.1) is 0 Å². The molecule has 1 aliphatic rings. The van der Waals surface area contributed by atoms with Gasteiger partial charge in [-0.3, -0.25) is 19.3 Å². The van der Waals surface area contributed by atoms with Crippen molar-refractivity contribution in [1.29, 1.82) is 0 Å². The quantitative estimate of drug-likeness (QED) is 0.635. The lowest BCUT2D eigenvalue weighted by molar-refractivity contribution is -0.134. The molecule has 0 bridgehead atoms. The zero-order valence-electron chi connectivity index (χ0n) is 19.3. The number of ether oxygens (including phenoxy) is 1. The van der Waals surface area contributed by atoms with Crippen LogP contribution in [0.4, 0.5) is 11.5 Å². The molecule has 0 atom stereocenters. The maximum atomic E-state index is 12.6. The van der Waals surface area contributed by atoms with Crippen LogP contribution in [0.3, 0.4) is 0 Å². The number of aryl methyl sites for hydroxylation is 1. The van der Waals surface area contributed by atoms with E-state index < -0.39 is 0 Å². The Morgan fingerprint density at radius 2 is 1.91 bits per heavy atom. The van der Waals surface area contributed by atoms with Crippen molar-refractivity contribution in [3.8, 4) is 5.75 Å². The summed E-state index contributed by atoms with van der Waals surface area (Å²) in [5.41, 5.74) is 1.65. The minimum absolute atomic E-state index is 0.0367. The van der Waals surface area contributed by atoms with Gasteiger partial charge >= 0.3 is 0 Å². The van der Waals surface area contributed by atoms with Gasteiger partial charge in [0, 0.05) is 30.9 Å². The summed E-state index contributed by atoms with van der Waals surface area (Å²) in [4.78, 5) is 45.0. The molecule has 0 saturated carbocycles. The van der Waals surface area contributed by atoms with Gasteiger partial charge in [-0.2, -0.15) is 0 Å². The van der Waals surface area contributed by atoms with Crippen LogP contribution in [0.1, 0.15) is 18.4 Å². The lowest BCUT2D eigenvalue weighted by Gasteiger charge is -2.31. The smallest absolute Gasteiger partial charge is 0.243 e. The molecule has 2 N–H and O–H groups in total. The maximum Gasteiger partial charge on any atom is 0.243 e. The second kappa shape index (κ2) is 11.4. The Kier molecular flexibility index (Phi) is 8.37. The van der Waals surface area contributed by atoms with E-state index in [1.165, 1.54) is 4.90 Å². The Bertz CT molecular complexity index is 988. The van der Waals surface area contributed by atoms with Crippen molar-refractivity contribution in [2.45, 2.75) is 19.8 Å². The molecule has 0 aliphatic carbocycles. The monoisotopic (exact) mass is 453 g/mol. The Balaban J connectivity index is 1.40. The van der Waals surface area contributed by atoms with Gasteiger partial charge in [0.05, 0.1) is 20.2 Å². The average Bonchev–Trinajstić information content (AvgIpc) is 2.79. The number of benzene rings is 1. The number of rotatable bonds is 8. The number of methoxy groups -OCH3 is 1. The first-order chi connectivity index (χ1) is 15.8. The SMILES string of the molecule is COc1cccc(NC(=O)CN(C)C(=O)CN2CCC(C(=O)Nc3cc(C)ccn3)CC2)c1. The van der Waals surface area contributed by atoms with E-state index in [0.29, 0.717) is 43.2 Å². The van der Waals surface area contributed by atoms with Crippen molar-refractivity contribution in [2.75, 3.05) is 51.0 Å². The molecule has 1 aliphatic heterocycles. The third-order valence-electron chi connectivity index (χ3n) is 5.64. The summed E-state index contributed by atoms with van der Waals surface area (Å²) in [5, 5.41) is 5.65. The van der Waals surface area contributed by atoms with Crippen LogP contribution in [0.15, 0.2) is 42.6 Å². The van der Waals surface area contributed by atoms with E-state index >= 15 is 0 Å². The van der Waals surface area contributed by atoms with E-state index in [1.807, 2.05) is 24.0 Å². The lowest BCUT2D eigenvalue weighted by Crippen LogP contribution is -2.45. The second-order valence-electron chi connectivity index (χ2n) is 8.29. The number of carbonyl (C=O) groups excluding carboxylic acids is 3. The predicted octanol–water partition coefficient (Wildman–Crippen LogP) is 2.15. The fraction of sp³-hybridized carbons (Fsp3) is 0.417. The minimum Gasteiger partial charge on any atom is -0.497 e. The minimum atomic E-state index is -0.278. The third-order valence-corrected chi connectivity index (χ3v) is 5.64. The largest absolute Gasteiger partial charge is 0.497 e. The van der Waals surface area contributed by atoms with Gasteiger partial charge in [0.2, 0.25) is 17.7 Å². The van der Waals surface area contributed by atoms with E-state index in [0.717, 1.165) is 5.56 Å². The number of amides is 3. The first-order valence-electron chi connectivity index (χ1n) is 11.0. The summed E-state index contributed by atoms with van der Waals surface area (Å²) in [7, 11) is 3.17. The van der Waals surface area contributed by atoms with Crippen molar-refractivity contribution in [2.24, 2.45) is 5.92 Å². The molecule has 1 aromatic carbocycles. The third kappa shape index (κ3) is 7.28. The summed E-state index contributed by atoms with van der Waals surface area (Å²) in [5.74, 6) is 0.647. The summed E-state index contributed by atoms with van der Waals surface area (Å²) in [6, 6.07) is 10.8. The van der Waals surface area contributed by atoms with Crippen LogP contribution >= 0.6 is 0 Å². The van der Waals surface area contributed by atoms with E-state index in [-0.39, 0.29) is 36.7 Å². The zero-order valence-corrected chi connectivity index (χ0v) is 19.3. The molecule has 1 fully saturated rings. The number of carbonyl (C=O) groups is 3. The molecule has 176 valence electrons. The number of nitrogens with zero attached hydrogens (tertiary/aromatic N) is 3. The molecule has 3 amide bonds. The molecule has 33 heavy (non-hydrogen) atoms. The van der Waals surface area contributed by atoms with Gasteiger partial charge in [0.15, 0.2) is 0 Å². The van der Waals surface area contributed by atoms with Crippen LogP contribution in [-0.2, 0) is 14.4 Å². The Hall–Kier alpha value is -3.46. The zero-order chi connectivity index (χ0) is 23.8. The Morgan fingerprint density at radius 3 is 2.61 bits per heavy atom. The molecule has 1 saturated heterocycles. The molecule has 3 rings (SSSR count). The summed E-state index contributed by atoms with van der Waals surface area (Å²) in [6.07, 6.45) is 3.02. The Morgan fingerprint density at radius 1 is 1.15 bits per heavy atom. The lowest BCUT2D eigenvalue weighted by atomic mass is 9.96. The normalized spacial score (nSPS) is 14.4. The van der Waals surface area contributed by atoms with E-state index in [1.54, 1.807) is 44.6 Å². The number of hydrogen-bond donors (Lipinski definition) is 2. The van der Waals surface area contributed by atoms with Crippen LogP contribution in [0.5, 0.6) is 5.75 Å². The van der Waals surface area contributed by atoms with Crippen LogP contribution in [-0.4, -0.2) is 72.8 Å². The van der Waals surface area contributed by atoms with Gasteiger partial charge in [0.1, 0.15) is 11.6 Å². The van der Waals surface area contributed by atoms with Gasteiger partial charge in [-0.1, -0.05) is 6.07 Å². The fourth-order valence-electron chi connectivity index (χ4n) is 3.70. The number of anilines is 2. The van der Waals surface area contributed by atoms with Crippen LogP contribution in [0.2, 0.25) is 0 Å². The van der Waals surface area contributed by atoms with Crippen LogP contribution < -0.4 is 15.4 Å². The van der Waals surface area contributed by atoms with E-state index in [9.17, 15) is 14.4 Å². The van der Waals surface area contributed by atoms with Gasteiger partial charge < -0.3 is 20.3 Å². The number of pyridine rings is 1. The first-order valence-corrected chi connectivity index (χ1v) is 11.0. The molecular formula is C24H31N5O4. The number of piperidine rings is 1. The van der Waals surface area contributed by atoms with Crippen LogP contribution in [0, 0.1) is 12.8 Å². The highest BCUT2D eigenvalue weighted by Crippen LogP contribution is 2.20. The topological polar surface area (TPSA) is 104 Å². The summed E-state index contributed by atoms with van der Waals surface area (Å²) >= 11 is 0. The summed E-state index contributed by atoms with van der Waals surface area (Å²) in [6.45, 7) is 3.42. The van der Waals surface area contributed by atoms with Gasteiger partial charge in [0.25, 0.3) is 0 Å². The van der Waals surface area contributed by atoms with Crippen molar-refractivity contribution < 1.29 is 19.1 Å². The first kappa shape index (κ1) is 24.2. The highest BCUT2D eigenvalue weighted by molar-refractivity contribution is 5.95. The maximum absolute atomic E-state index is 12.6. The number of likely N-dealkylation sites (N-methyl/N-ethyl adjacent to an activating group) is 1. The van der Waals surface area contributed by atoms with Crippen molar-refractivity contribution in [3.05, 3.63) is 48.2 Å². The van der Waals surface area contributed by atoms with Crippen molar-refractivity contribution in [3.63, 3.8) is 0 Å². The standard InChI is InChI=1S/C24H31N5O4/c1-17-7-10-25-21(13-17)27-24(32)18-8-11-29(12-9-18)16-23(31)28(2)15-22(30)26-19-5-4-6-20(14-19)33-3/h4-7,10,13-14,18H,8-9,11-12,15-16H2,1-3H3,(H,26,30)(H,25,27,32). The van der Waals surface area contributed by atoms with Gasteiger partial charge in [-0.05, 0) is 62.7 Å². The van der Waals surface area contributed by atoms with Crippen LogP contribution in [0.25, 0.3) is 0 Å². The fourth-order valence-corrected chi connectivity index (χ4v) is 3.70. The molecule has 0 spiro atoms. The second-order valence-corrected chi connectivity index (χ2v) is 8.29. The highest BCUT2D eigenvalue weighted by Gasteiger charge is 2.27. The molecule has 1 aromatic heterocycles. The van der Waals surface area contributed by atoms with Gasteiger partial charge in [-0.25, -0.2) is 4.98 Å². The molecule has 0 radical (unpaired) electrons. The average molecular weight is 454 g/mol. The molecular weight excluding hydrogens is 422 g/mol. The Labute approximate surface area is 194 Å². The predicted molar refractivity (Wildman–Crippen MR) is 126 cm³/mol.